The molecule has 1 amide bonds. The number of rotatable bonds is 2. The molecule has 3 heterocycles. The van der Waals surface area contributed by atoms with Crippen LogP contribution in [0, 0.1) is 5.92 Å². The normalized spacial score (nSPS) is 21.6. The number of likely N-dealkylation sites (tertiary alicyclic amines) is 1. The maximum atomic E-state index is 12.9. The van der Waals surface area contributed by atoms with E-state index in [4.69, 9.17) is 10.5 Å². The van der Waals surface area contributed by atoms with Gasteiger partial charge in [-0.15, -0.1) is 0 Å². The molecule has 2 aliphatic heterocycles. The lowest BCUT2D eigenvalue weighted by Crippen LogP contribution is -2.49. The molecule has 1 aromatic carbocycles. The van der Waals surface area contributed by atoms with E-state index >= 15 is 0 Å². The van der Waals surface area contributed by atoms with Crippen LogP contribution in [0.5, 0.6) is 5.75 Å². The lowest BCUT2D eigenvalue weighted by molar-refractivity contribution is 0.0594. The summed E-state index contributed by atoms with van der Waals surface area (Å²) in [7, 11) is 1.61. The molecule has 0 radical (unpaired) electrons. The van der Waals surface area contributed by atoms with E-state index in [0.717, 1.165) is 17.9 Å². The van der Waals surface area contributed by atoms with Gasteiger partial charge in [0.2, 0.25) is 0 Å². The molecule has 2 bridgehead atoms. The zero-order valence-corrected chi connectivity index (χ0v) is 14.1. The summed E-state index contributed by atoms with van der Waals surface area (Å²) in [5.74, 6) is 1.23. The topological polar surface area (TPSA) is 77.6 Å². The van der Waals surface area contributed by atoms with Crippen LogP contribution in [0.25, 0.3) is 0 Å². The van der Waals surface area contributed by atoms with Crippen molar-refractivity contribution in [2.45, 2.75) is 18.9 Å². The lowest BCUT2D eigenvalue weighted by atomic mass is 9.83. The maximum absolute atomic E-state index is 12.9. The molecule has 0 spiro atoms. The number of hydrogen-bond acceptors (Lipinski definition) is 4. The molecule has 1 fully saturated rings. The van der Waals surface area contributed by atoms with Crippen LogP contribution < -0.4 is 16.0 Å². The Hall–Kier alpha value is -2.76. The third-order valence-corrected chi connectivity index (χ3v) is 5.26. The van der Waals surface area contributed by atoms with Gasteiger partial charge in [-0.25, -0.2) is 0 Å². The van der Waals surface area contributed by atoms with Gasteiger partial charge in [0.15, 0.2) is 0 Å². The summed E-state index contributed by atoms with van der Waals surface area (Å²) >= 11 is 0. The number of fused-ring (bicyclic) bond motifs is 4. The number of nitrogen functional groups attached to an aromatic ring is 1. The number of benzene rings is 1. The van der Waals surface area contributed by atoms with Gasteiger partial charge in [0.25, 0.3) is 11.5 Å². The van der Waals surface area contributed by atoms with Crippen molar-refractivity contribution in [2.24, 2.45) is 5.92 Å². The van der Waals surface area contributed by atoms with Crippen molar-refractivity contribution in [2.75, 3.05) is 25.9 Å². The predicted octanol–water partition coefficient (Wildman–Crippen LogP) is 1.70. The first-order valence-corrected chi connectivity index (χ1v) is 8.49. The molecule has 0 aliphatic carbocycles. The van der Waals surface area contributed by atoms with Crippen LogP contribution in [0.2, 0.25) is 0 Å². The number of amides is 1. The van der Waals surface area contributed by atoms with Crippen LogP contribution in [0.15, 0.2) is 41.2 Å². The molecule has 2 atom stereocenters. The number of aromatic nitrogens is 1. The van der Waals surface area contributed by atoms with Crippen LogP contribution in [-0.4, -0.2) is 35.6 Å². The fraction of sp³-hybridized carbons (Fsp3) is 0.368. The first kappa shape index (κ1) is 15.7. The average molecular weight is 339 g/mol. The number of carbonyl (C=O) groups is 1. The fourth-order valence-corrected chi connectivity index (χ4v) is 4.04. The van der Waals surface area contributed by atoms with E-state index in [1.165, 1.54) is 0 Å². The second-order valence-electron chi connectivity index (χ2n) is 6.87. The molecule has 2 N–H and O–H groups in total. The van der Waals surface area contributed by atoms with Crippen molar-refractivity contribution in [1.82, 2.24) is 9.47 Å². The van der Waals surface area contributed by atoms with Crippen molar-refractivity contribution in [3.8, 4) is 5.75 Å². The molecule has 6 heteroatoms. The maximum Gasteiger partial charge on any atom is 0.273 e. The van der Waals surface area contributed by atoms with Gasteiger partial charge in [0.1, 0.15) is 5.75 Å². The molecular weight excluding hydrogens is 318 g/mol. The third kappa shape index (κ3) is 2.67. The fourth-order valence-electron chi connectivity index (χ4n) is 4.04. The van der Waals surface area contributed by atoms with Crippen LogP contribution in [0.4, 0.5) is 5.69 Å². The average Bonchev–Trinajstić information content (AvgIpc) is 2.64. The van der Waals surface area contributed by atoms with Crippen molar-refractivity contribution in [3.63, 3.8) is 0 Å². The highest BCUT2D eigenvalue weighted by Crippen LogP contribution is 2.35. The molecule has 6 nitrogen and oxygen atoms in total. The van der Waals surface area contributed by atoms with Gasteiger partial charge in [0.05, 0.1) is 12.8 Å². The Kier molecular flexibility index (Phi) is 3.75. The summed E-state index contributed by atoms with van der Waals surface area (Å²) in [6.07, 6.45) is 1.01. The SMILES string of the molecule is COc1ccc(C(=O)N2C[C@H]3C[C@H](C2)c2ccc(N)c(=O)n2C3)cc1. The number of nitrogens with zero attached hydrogens (tertiary/aromatic N) is 2. The number of methoxy groups -OCH3 is 1. The minimum Gasteiger partial charge on any atom is -0.497 e. The highest BCUT2D eigenvalue weighted by Gasteiger charge is 2.36. The summed E-state index contributed by atoms with van der Waals surface area (Å²) in [6.45, 7) is 1.93. The smallest absolute Gasteiger partial charge is 0.273 e. The van der Waals surface area contributed by atoms with Crippen molar-refractivity contribution in [1.29, 1.82) is 0 Å². The molecule has 2 aromatic rings. The summed E-state index contributed by atoms with van der Waals surface area (Å²) in [6, 6.07) is 10.8. The zero-order valence-electron chi connectivity index (χ0n) is 14.1. The Labute approximate surface area is 145 Å². The molecule has 130 valence electrons. The number of carbonyl (C=O) groups excluding carboxylic acids is 1. The molecule has 4 rings (SSSR count). The lowest BCUT2D eigenvalue weighted by Gasteiger charge is -2.42. The molecular formula is C19H21N3O3. The summed E-state index contributed by atoms with van der Waals surface area (Å²) in [4.78, 5) is 27.1. The van der Waals surface area contributed by atoms with Crippen LogP contribution in [-0.2, 0) is 6.54 Å². The Morgan fingerprint density at radius 3 is 2.60 bits per heavy atom. The van der Waals surface area contributed by atoms with E-state index < -0.39 is 0 Å². The molecule has 2 aliphatic rings. The van der Waals surface area contributed by atoms with Crippen LogP contribution in [0.3, 0.4) is 0 Å². The van der Waals surface area contributed by atoms with Gasteiger partial charge in [0, 0.05) is 36.8 Å². The highest BCUT2D eigenvalue weighted by molar-refractivity contribution is 5.94. The van der Waals surface area contributed by atoms with E-state index in [2.05, 4.69) is 0 Å². The summed E-state index contributed by atoms with van der Waals surface area (Å²) in [5.41, 5.74) is 7.59. The minimum absolute atomic E-state index is 0.0311. The Bertz CT molecular complexity index is 872. The Balaban J connectivity index is 1.60. The summed E-state index contributed by atoms with van der Waals surface area (Å²) in [5, 5.41) is 0. The number of hydrogen-bond donors (Lipinski definition) is 1. The van der Waals surface area contributed by atoms with Gasteiger partial charge < -0.3 is 19.9 Å². The van der Waals surface area contributed by atoms with E-state index in [1.807, 2.05) is 11.0 Å². The quantitative estimate of drug-likeness (QED) is 0.903. The van der Waals surface area contributed by atoms with E-state index in [1.54, 1.807) is 42.0 Å². The number of piperidine rings is 1. The number of nitrogens with two attached hydrogens (primary N) is 1. The largest absolute Gasteiger partial charge is 0.497 e. The first-order valence-electron chi connectivity index (χ1n) is 8.49. The predicted molar refractivity (Wildman–Crippen MR) is 94.9 cm³/mol. The van der Waals surface area contributed by atoms with Crippen molar-refractivity contribution >= 4 is 11.6 Å². The molecule has 0 saturated carbocycles. The number of ether oxygens (including phenoxy) is 1. The second kappa shape index (κ2) is 5.95. The van der Waals surface area contributed by atoms with Crippen LogP contribution in [0.1, 0.15) is 28.4 Å². The van der Waals surface area contributed by atoms with Gasteiger partial charge in [-0.2, -0.15) is 0 Å². The highest BCUT2D eigenvalue weighted by atomic mass is 16.5. The van der Waals surface area contributed by atoms with Crippen molar-refractivity contribution in [3.05, 3.63) is 58.0 Å². The monoisotopic (exact) mass is 339 g/mol. The standard InChI is InChI=1S/C19H21N3O3/c1-25-15-4-2-13(3-5-15)18(23)21-9-12-8-14(11-21)17-7-6-16(20)19(24)22(17)10-12/h2-7,12,14H,8-11,20H2,1H3/t12-,14-/m1/s1. The second-order valence-corrected chi connectivity index (χ2v) is 6.87. The first-order chi connectivity index (χ1) is 12.1. The van der Waals surface area contributed by atoms with Gasteiger partial charge >= 0.3 is 0 Å². The summed E-state index contributed by atoms with van der Waals surface area (Å²) < 4.78 is 6.94. The zero-order chi connectivity index (χ0) is 17.6. The van der Waals surface area contributed by atoms with E-state index in [0.29, 0.717) is 25.2 Å². The van der Waals surface area contributed by atoms with Gasteiger partial charge in [-0.3, -0.25) is 9.59 Å². The Morgan fingerprint density at radius 1 is 1.12 bits per heavy atom. The Morgan fingerprint density at radius 2 is 1.88 bits per heavy atom. The van der Waals surface area contributed by atoms with Gasteiger partial charge in [-0.1, -0.05) is 0 Å². The number of anilines is 1. The van der Waals surface area contributed by atoms with Crippen LogP contribution >= 0.6 is 0 Å². The van der Waals surface area contributed by atoms with E-state index in [-0.39, 0.29) is 29.0 Å². The minimum atomic E-state index is -0.109. The number of pyridine rings is 1. The molecule has 25 heavy (non-hydrogen) atoms. The van der Waals surface area contributed by atoms with E-state index in [9.17, 15) is 9.59 Å². The van der Waals surface area contributed by atoms with Crippen molar-refractivity contribution < 1.29 is 9.53 Å². The molecule has 1 saturated heterocycles. The third-order valence-electron chi connectivity index (χ3n) is 5.26. The van der Waals surface area contributed by atoms with Gasteiger partial charge in [-0.05, 0) is 48.7 Å². The molecule has 1 aromatic heterocycles. The molecule has 0 unspecified atom stereocenters.